The third-order valence-corrected chi connectivity index (χ3v) is 9.78. The van der Waals surface area contributed by atoms with E-state index in [1.807, 2.05) is 0 Å². The summed E-state index contributed by atoms with van der Waals surface area (Å²) in [7, 11) is -1.82. The summed E-state index contributed by atoms with van der Waals surface area (Å²) in [6.07, 6.45) is -1.39. The first-order valence-electron chi connectivity index (χ1n) is 6.06. The molecule has 0 aromatic rings. The standard InChI is InChI=1S/C13H25FOSi/c1-10(2)16(11(3)4,12(5)6)8-7-13(14)9-15/h10-13,15H,9H2,1-6H3. The molecule has 0 aromatic carbocycles. The number of aliphatic hydroxyl groups excluding tert-OH is 1. The Morgan fingerprint density at radius 3 is 1.62 bits per heavy atom. The van der Waals surface area contributed by atoms with E-state index in [9.17, 15) is 4.39 Å². The summed E-state index contributed by atoms with van der Waals surface area (Å²) in [6, 6.07) is 0. The zero-order valence-corrected chi connectivity index (χ0v) is 12.3. The second-order valence-corrected chi connectivity index (χ2v) is 10.9. The van der Waals surface area contributed by atoms with Crippen LogP contribution in [0.25, 0.3) is 0 Å². The fourth-order valence-corrected chi connectivity index (χ4v) is 7.95. The Morgan fingerprint density at radius 2 is 1.38 bits per heavy atom. The van der Waals surface area contributed by atoms with E-state index in [1.54, 1.807) is 0 Å². The van der Waals surface area contributed by atoms with E-state index >= 15 is 0 Å². The van der Waals surface area contributed by atoms with Crippen LogP contribution in [-0.2, 0) is 0 Å². The summed E-state index contributed by atoms with van der Waals surface area (Å²) in [5.74, 6) is 2.61. The third-order valence-electron chi connectivity index (χ3n) is 3.47. The lowest BCUT2D eigenvalue weighted by molar-refractivity contribution is 0.215. The smallest absolute Gasteiger partial charge is 0.182 e. The number of hydrogen-bond acceptors (Lipinski definition) is 1. The number of rotatable bonds is 4. The molecule has 0 aliphatic rings. The molecule has 16 heavy (non-hydrogen) atoms. The van der Waals surface area contributed by atoms with Crippen molar-refractivity contribution < 1.29 is 9.50 Å². The zero-order chi connectivity index (χ0) is 12.9. The molecule has 1 N–H and O–H groups in total. The van der Waals surface area contributed by atoms with Gasteiger partial charge in [-0.1, -0.05) is 47.5 Å². The molecule has 0 saturated heterocycles. The molecule has 0 bridgehead atoms. The largest absolute Gasteiger partial charge is 0.392 e. The topological polar surface area (TPSA) is 20.2 Å². The summed E-state index contributed by atoms with van der Waals surface area (Å²) in [5, 5.41) is 8.69. The molecule has 3 heteroatoms. The van der Waals surface area contributed by atoms with Crippen molar-refractivity contribution in [2.45, 2.75) is 64.3 Å². The predicted molar refractivity (Wildman–Crippen MR) is 70.8 cm³/mol. The molecule has 0 saturated carbocycles. The van der Waals surface area contributed by atoms with E-state index in [-0.39, 0.29) is 0 Å². The Labute approximate surface area is 100 Å². The minimum atomic E-state index is -1.82. The zero-order valence-electron chi connectivity index (χ0n) is 11.3. The van der Waals surface area contributed by atoms with Crippen LogP contribution in [-0.4, -0.2) is 26.0 Å². The Morgan fingerprint density at radius 1 is 1.00 bits per heavy atom. The third kappa shape index (κ3) is 3.33. The minimum Gasteiger partial charge on any atom is -0.392 e. The highest BCUT2D eigenvalue weighted by Crippen LogP contribution is 2.40. The molecule has 1 atom stereocenters. The van der Waals surface area contributed by atoms with Crippen molar-refractivity contribution in [1.29, 1.82) is 0 Å². The lowest BCUT2D eigenvalue weighted by Gasteiger charge is -2.38. The van der Waals surface area contributed by atoms with E-state index in [0.717, 1.165) is 0 Å². The quantitative estimate of drug-likeness (QED) is 0.592. The van der Waals surface area contributed by atoms with Crippen LogP contribution in [0.4, 0.5) is 4.39 Å². The van der Waals surface area contributed by atoms with Gasteiger partial charge in [-0.05, 0) is 16.6 Å². The van der Waals surface area contributed by atoms with Crippen molar-refractivity contribution in [3.05, 3.63) is 0 Å². The average molecular weight is 244 g/mol. The molecule has 1 nitrogen and oxygen atoms in total. The Hall–Kier alpha value is -0.333. The maximum absolute atomic E-state index is 13.1. The molecular weight excluding hydrogens is 219 g/mol. The summed E-state index contributed by atoms with van der Waals surface area (Å²) >= 11 is 0. The van der Waals surface area contributed by atoms with Gasteiger partial charge in [-0.3, -0.25) is 0 Å². The molecule has 0 spiro atoms. The Bertz CT molecular complexity index is 241. The van der Waals surface area contributed by atoms with Gasteiger partial charge in [0.1, 0.15) is 8.07 Å². The van der Waals surface area contributed by atoms with Crippen molar-refractivity contribution >= 4 is 8.07 Å². The van der Waals surface area contributed by atoms with E-state index in [4.69, 9.17) is 5.11 Å². The fraction of sp³-hybridized carbons (Fsp3) is 0.846. The summed E-state index contributed by atoms with van der Waals surface area (Å²) in [5.41, 5.74) is 4.75. The van der Waals surface area contributed by atoms with E-state index < -0.39 is 20.9 Å². The van der Waals surface area contributed by atoms with Crippen LogP contribution >= 0.6 is 0 Å². The van der Waals surface area contributed by atoms with Gasteiger partial charge in [-0.15, -0.1) is 5.54 Å². The first-order valence-corrected chi connectivity index (χ1v) is 8.29. The first kappa shape index (κ1) is 15.7. The molecular formula is C13H25FOSi. The monoisotopic (exact) mass is 244 g/mol. The number of halogens is 1. The highest BCUT2D eigenvalue weighted by atomic mass is 28.3. The van der Waals surface area contributed by atoms with Crippen molar-refractivity contribution in [1.82, 2.24) is 0 Å². The van der Waals surface area contributed by atoms with Crippen LogP contribution in [0.1, 0.15) is 41.5 Å². The van der Waals surface area contributed by atoms with Crippen LogP contribution in [0, 0.1) is 11.5 Å². The number of alkyl halides is 1. The van der Waals surface area contributed by atoms with Crippen LogP contribution in [0.2, 0.25) is 16.6 Å². The highest BCUT2D eigenvalue weighted by molar-refractivity contribution is 6.90. The van der Waals surface area contributed by atoms with Gasteiger partial charge in [0.15, 0.2) is 6.17 Å². The molecule has 0 aromatic heterocycles. The molecule has 0 rings (SSSR count). The van der Waals surface area contributed by atoms with Gasteiger partial charge in [0, 0.05) is 0 Å². The van der Waals surface area contributed by atoms with Gasteiger partial charge in [-0.25, -0.2) is 4.39 Å². The average Bonchev–Trinajstić information content (AvgIpc) is 2.16. The van der Waals surface area contributed by atoms with Crippen molar-refractivity contribution in [3.63, 3.8) is 0 Å². The van der Waals surface area contributed by atoms with Crippen molar-refractivity contribution in [3.8, 4) is 11.5 Å². The molecule has 0 amide bonds. The predicted octanol–water partition coefficient (Wildman–Crippen LogP) is 3.54. The second-order valence-electron chi connectivity index (χ2n) is 5.32. The lowest BCUT2D eigenvalue weighted by atomic mass is 10.4. The van der Waals surface area contributed by atoms with E-state index in [2.05, 4.69) is 53.0 Å². The molecule has 0 aliphatic carbocycles. The van der Waals surface area contributed by atoms with Crippen LogP contribution < -0.4 is 0 Å². The van der Waals surface area contributed by atoms with E-state index in [1.165, 1.54) is 0 Å². The molecule has 94 valence electrons. The van der Waals surface area contributed by atoms with Gasteiger partial charge in [0.05, 0.1) is 6.61 Å². The first-order chi connectivity index (χ1) is 7.28. The number of aliphatic hydroxyl groups is 1. The second kappa shape index (κ2) is 6.41. The highest BCUT2D eigenvalue weighted by Gasteiger charge is 2.41. The van der Waals surface area contributed by atoms with Crippen LogP contribution in [0.5, 0.6) is 0 Å². The SMILES string of the molecule is CC(C)[Si](C#CC(F)CO)(C(C)C)C(C)C. The minimum absolute atomic E-state index is 0.494. The van der Waals surface area contributed by atoms with Gasteiger partial charge < -0.3 is 5.11 Å². The summed E-state index contributed by atoms with van der Waals surface area (Å²) < 4.78 is 13.1. The van der Waals surface area contributed by atoms with Crippen molar-refractivity contribution in [2.75, 3.05) is 6.61 Å². The van der Waals surface area contributed by atoms with E-state index in [0.29, 0.717) is 16.6 Å². The lowest BCUT2D eigenvalue weighted by Crippen LogP contribution is -2.43. The van der Waals surface area contributed by atoms with Crippen molar-refractivity contribution in [2.24, 2.45) is 0 Å². The number of hydrogen-bond donors (Lipinski definition) is 1. The van der Waals surface area contributed by atoms with Crippen LogP contribution in [0.3, 0.4) is 0 Å². The molecule has 0 radical (unpaired) electrons. The normalized spacial score (nSPS) is 14.2. The van der Waals surface area contributed by atoms with Gasteiger partial charge in [0.2, 0.25) is 0 Å². The summed E-state index contributed by atoms with van der Waals surface area (Å²) in [4.78, 5) is 0. The molecule has 0 heterocycles. The Balaban J connectivity index is 5.26. The molecule has 0 fully saturated rings. The maximum atomic E-state index is 13.1. The van der Waals surface area contributed by atoms with Gasteiger partial charge in [-0.2, -0.15) is 0 Å². The Kier molecular flexibility index (Phi) is 6.28. The van der Waals surface area contributed by atoms with Gasteiger partial charge >= 0.3 is 0 Å². The fourth-order valence-electron chi connectivity index (χ4n) is 2.68. The molecule has 0 aliphatic heterocycles. The summed E-state index contributed by atoms with van der Waals surface area (Å²) in [6.45, 7) is 12.6. The van der Waals surface area contributed by atoms with Crippen LogP contribution in [0.15, 0.2) is 0 Å². The van der Waals surface area contributed by atoms with Gasteiger partial charge in [0.25, 0.3) is 0 Å². The molecule has 1 unspecified atom stereocenters. The maximum Gasteiger partial charge on any atom is 0.182 e.